The molecule has 0 saturated heterocycles. The van der Waals surface area contributed by atoms with Gasteiger partial charge in [-0.25, -0.2) is 9.47 Å². The molecule has 0 aliphatic rings. The fourth-order valence-corrected chi connectivity index (χ4v) is 2.21. The van der Waals surface area contributed by atoms with Crippen molar-refractivity contribution in [3.05, 3.63) is 46.5 Å². The van der Waals surface area contributed by atoms with Crippen molar-refractivity contribution in [3.8, 4) is 0 Å². The first kappa shape index (κ1) is 17.0. The maximum Gasteiger partial charge on any atom is 0.408 e. The van der Waals surface area contributed by atoms with Gasteiger partial charge in [0.05, 0.1) is 6.04 Å². The summed E-state index contributed by atoms with van der Waals surface area (Å²) in [6.45, 7) is 5.41. The number of aromatic nitrogens is 3. The van der Waals surface area contributed by atoms with E-state index in [4.69, 9.17) is 22.8 Å². The van der Waals surface area contributed by atoms with E-state index < -0.39 is 17.7 Å². The van der Waals surface area contributed by atoms with Crippen LogP contribution in [0.3, 0.4) is 0 Å². The second-order valence-electron chi connectivity index (χ2n) is 6.15. The van der Waals surface area contributed by atoms with Crippen LogP contribution in [0.5, 0.6) is 0 Å². The molecule has 0 aliphatic heterocycles. The molecule has 0 bridgehead atoms. The molecule has 23 heavy (non-hydrogen) atoms. The van der Waals surface area contributed by atoms with E-state index in [2.05, 4.69) is 15.5 Å². The van der Waals surface area contributed by atoms with Crippen LogP contribution in [-0.4, -0.2) is 26.6 Å². The quantitative estimate of drug-likeness (QED) is 0.589. The highest BCUT2D eigenvalue weighted by atomic mass is 32.1. The number of benzene rings is 1. The Morgan fingerprint density at radius 1 is 1.43 bits per heavy atom. The summed E-state index contributed by atoms with van der Waals surface area (Å²) >= 11 is 5.04. The minimum absolute atomic E-state index is 0.282. The standard InChI is InChI=1S/C15H21N5O2S/c1-15(2,3)22-14(21)17-11(9-10-7-5-4-6-8-10)12-18-19-13(23)20(12)16/h4-8,11H,9,16H2,1-3H3,(H,17,21)(H,19,23)/t11-/m1/s1. The van der Waals surface area contributed by atoms with Crippen molar-refractivity contribution < 1.29 is 9.53 Å². The molecule has 1 amide bonds. The first-order valence-corrected chi connectivity index (χ1v) is 7.63. The van der Waals surface area contributed by atoms with Crippen LogP contribution in [0.25, 0.3) is 0 Å². The maximum atomic E-state index is 12.1. The van der Waals surface area contributed by atoms with Gasteiger partial charge in [-0.2, -0.15) is 5.10 Å². The van der Waals surface area contributed by atoms with Crippen molar-refractivity contribution >= 4 is 18.3 Å². The van der Waals surface area contributed by atoms with Crippen LogP contribution in [0.4, 0.5) is 4.79 Å². The van der Waals surface area contributed by atoms with Crippen LogP contribution < -0.4 is 11.2 Å². The SMILES string of the molecule is CC(C)(C)OC(=O)N[C@H](Cc1ccccc1)c1n[nH]c(=S)n1N. The van der Waals surface area contributed by atoms with Crippen molar-refractivity contribution in [1.82, 2.24) is 20.2 Å². The van der Waals surface area contributed by atoms with Gasteiger partial charge in [0.15, 0.2) is 5.82 Å². The molecule has 1 aromatic carbocycles. The number of carbonyl (C=O) groups excluding carboxylic acids is 1. The van der Waals surface area contributed by atoms with E-state index in [9.17, 15) is 4.79 Å². The maximum absolute atomic E-state index is 12.1. The Hall–Kier alpha value is -2.35. The van der Waals surface area contributed by atoms with Gasteiger partial charge < -0.3 is 15.9 Å². The number of nitrogens with one attached hydrogen (secondary N) is 2. The number of amides is 1. The fraction of sp³-hybridized carbons (Fsp3) is 0.400. The van der Waals surface area contributed by atoms with Gasteiger partial charge in [-0.15, -0.1) is 0 Å². The number of hydrogen-bond acceptors (Lipinski definition) is 5. The lowest BCUT2D eigenvalue weighted by Gasteiger charge is -2.23. The zero-order valence-corrected chi connectivity index (χ0v) is 14.2. The minimum atomic E-state index is -0.588. The molecule has 7 nitrogen and oxygen atoms in total. The van der Waals surface area contributed by atoms with Crippen LogP contribution in [0, 0.1) is 4.77 Å². The summed E-state index contributed by atoms with van der Waals surface area (Å²) in [4.78, 5) is 12.1. The molecule has 0 unspecified atom stereocenters. The van der Waals surface area contributed by atoms with Gasteiger partial charge >= 0.3 is 6.09 Å². The Morgan fingerprint density at radius 3 is 2.61 bits per heavy atom. The van der Waals surface area contributed by atoms with E-state index in [0.717, 1.165) is 5.56 Å². The van der Waals surface area contributed by atoms with Crippen molar-refractivity contribution in [2.24, 2.45) is 0 Å². The smallest absolute Gasteiger partial charge is 0.408 e. The molecule has 2 aromatic rings. The van der Waals surface area contributed by atoms with Gasteiger partial charge in [0.25, 0.3) is 0 Å². The summed E-state index contributed by atoms with van der Waals surface area (Å²) in [6.07, 6.45) is -0.0240. The minimum Gasteiger partial charge on any atom is -0.444 e. The molecule has 0 aliphatic carbocycles. The molecule has 2 rings (SSSR count). The first-order chi connectivity index (χ1) is 10.8. The Kier molecular flexibility index (Phi) is 5.05. The largest absolute Gasteiger partial charge is 0.444 e. The Morgan fingerprint density at radius 2 is 2.09 bits per heavy atom. The monoisotopic (exact) mass is 335 g/mol. The predicted octanol–water partition coefficient (Wildman–Crippen LogP) is 2.46. The van der Waals surface area contributed by atoms with Crippen molar-refractivity contribution in [2.45, 2.75) is 38.8 Å². The summed E-state index contributed by atoms with van der Waals surface area (Å²) in [5.41, 5.74) is 0.442. The van der Waals surface area contributed by atoms with Gasteiger partial charge in [-0.3, -0.25) is 5.10 Å². The normalized spacial score (nSPS) is 12.7. The lowest BCUT2D eigenvalue weighted by Crippen LogP contribution is -2.37. The second kappa shape index (κ2) is 6.82. The third-order valence-electron chi connectivity index (χ3n) is 3.02. The molecule has 0 radical (unpaired) electrons. The zero-order valence-electron chi connectivity index (χ0n) is 13.4. The molecule has 124 valence electrons. The number of rotatable bonds is 4. The topological polar surface area (TPSA) is 98.0 Å². The second-order valence-corrected chi connectivity index (χ2v) is 6.53. The van der Waals surface area contributed by atoms with E-state index in [0.29, 0.717) is 12.2 Å². The van der Waals surface area contributed by atoms with Crippen LogP contribution >= 0.6 is 12.2 Å². The summed E-state index contributed by atoms with van der Waals surface area (Å²) in [5, 5.41) is 9.54. The number of H-pyrrole nitrogens is 1. The van der Waals surface area contributed by atoms with Crippen LogP contribution in [-0.2, 0) is 11.2 Å². The summed E-state index contributed by atoms with van der Waals surface area (Å²) < 4.78 is 6.84. The van der Waals surface area contributed by atoms with E-state index in [1.165, 1.54) is 4.68 Å². The molecule has 0 fully saturated rings. The number of nitrogen functional groups attached to an aromatic ring is 1. The summed E-state index contributed by atoms with van der Waals surface area (Å²) in [6, 6.07) is 9.25. The highest BCUT2D eigenvalue weighted by Gasteiger charge is 2.24. The highest BCUT2D eigenvalue weighted by molar-refractivity contribution is 7.71. The molecule has 4 N–H and O–H groups in total. The molecule has 1 atom stereocenters. The van der Waals surface area contributed by atoms with Gasteiger partial charge in [-0.05, 0) is 38.6 Å². The van der Waals surface area contributed by atoms with Crippen LogP contribution in [0.1, 0.15) is 38.2 Å². The molecule has 1 aromatic heterocycles. The number of carbonyl (C=O) groups is 1. The number of alkyl carbamates (subject to hydrolysis) is 1. The van der Waals surface area contributed by atoms with E-state index in [-0.39, 0.29) is 4.77 Å². The fourth-order valence-electron chi connectivity index (χ4n) is 2.07. The highest BCUT2D eigenvalue weighted by Crippen LogP contribution is 2.17. The average molecular weight is 335 g/mol. The van der Waals surface area contributed by atoms with E-state index in [1.54, 1.807) is 20.8 Å². The van der Waals surface area contributed by atoms with Crippen LogP contribution in [0.2, 0.25) is 0 Å². The number of hydrogen-bond donors (Lipinski definition) is 3. The van der Waals surface area contributed by atoms with Crippen LogP contribution in [0.15, 0.2) is 30.3 Å². The molecular weight excluding hydrogens is 314 g/mol. The third kappa shape index (κ3) is 4.82. The van der Waals surface area contributed by atoms with Gasteiger partial charge in [0, 0.05) is 6.42 Å². The Labute approximate surface area is 139 Å². The number of ether oxygens (including phenoxy) is 1. The van der Waals surface area contributed by atoms with Gasteiger partial charge in [0.2, 0.25) is 4.77 Å². The Bertz CT molecular complexity index is 717. The number of nitrogens with zero attached hydrogens (tertiary/aromatic N) is 2. The molecule has 1 heterocycles. The predicted molar refractivity (Wildman–Crippen MR) is 89.8 cm³/mol. The van der Waals surface area contributed by atoms with Crippen molar-refractivity contribution in [3.63, 3.8) is 0 Å². The van der Waals surface area contributed by atoms with Gasteiger partial charge in [0.1, 0.15) is 5.60 Å². The molecule has 8 heteroatoms. The van der Waals surface area contributed by atoms with E-state index >= 15 is 0 Å². The first-order valence-electron chi connectivity index (χ1n) is 7.22. The average Bonchev–Trinajstić information content (AvgIpc) is 2.77. The van der Waals surface area contributed by atoms with Crippen molar-refractivity contribution in [2.75, 3.05) is 5.84 Å². The molecule has 0 saturated carbocycles. The molecule has 0 spiro atoms. The summed E-state index contributed by atoms with van der Waals surface area (Å²) in [7, 11) is 0. The summed E-state index contributed by atoms with van der Waals surface area (Å²) in [5.74, 6) is 6.32. The van der Waals surface area contributed by atoms with Crippen molar-refractivity contribution in [1.29, 1.82) is 0 Å². The van der Waals surface area contributed by atoms with Gasteiger partial charge in [-0.1, -0.05) is 30.3 Å². The number of nitrogens with two attached hydrogens (primary N) is 1. The lowest BCUT2D eigenvalue weighted by molar-refractivity contribution is 0.0500. The zero-order chi connectivity index (χ0) is 17.0. The molecular formula is C15H21N5O2S. The Balaban J connectivity index is 2.23. The lowest BCUT2D eigenvalue weighted by atomic mass is 10.1. The van der Waals surface area contributed by atoms with E-state index in [1.807, 2.05) is 30.3 Å². The third-order valence-corrected chi connectivity index (χ3v) is 3.30. The number of aromatic amines is 1.